The average Bonchev–Trinajstić information content (AvgIpc) is 3.04. The molecule has 1 aliphatic rings. The van der Waals surface area contributed by atoms with Gasteiger partial charge in [-0.1, -0.05) is 37.5 Å². The molecule has 3 rings (SSSR count). The highest BCUT2D eigenvalue weighted by atomic mass is 32.1. The Labute approximate surface area is 141 Å². The molecule has 1 aliphatic carbocycles. The first-order valence-electron chi connectivity index (χ1n) is 8.29. The van der Waals surface area contributed by atoms with E-state index in [9.17, 15) is 4.79 Å². The van der Waals surface area contributed by atoms with Crippen LogP contribution in [0.5, 0.6) is 5.75 Å². The number of hydrogen-bond acceptors (Lipinski definition) is 3. The number of benzene rings is 1. The van der Waals surface area contributed by atoms with Crippen LogP contribution in [0, 0.1) is 6.92 Å². The molecule has 0 aliphatic heterocycles. The van der Waals surface area contributed by atoms with E-state index in [1.54, 1.807) is 0 Å². The summed E-state index contributed by atoms with van der Waals surface area (Å²) in [6, 6.07) is 10.3. The van der Waals surface area contributed by atoms with E-state index in [0.29, 0.717) is 12.6 Å². The molecule has 4 heteroatoms. The number of thiophene rings is 1. The molecule has 1 amide bonds. The maximum Gasteiger partial charge on any atom is 0.261 e. The zero-order chi connectivity index (χ0) is 16.1. The third kappa shape index (κ3) is 4.35. The first-order chi connectivity index (χ1) is 11.2. The molecular weight excluding hydrogens is 306 g/mol. The molecule has 0 radical (unpaired) electrons. The minimum Gasteiger partial charge on any atom is -0.489 e. The zero-order valence-corrected chi connectivity index (χ0v) is 14.3. The molecule has 1 N–H and O–H groups in total. The molecule has 0 spiro atoms. The Bertz CT molecular complexity index is 659. The summed E-state index contributed by atoms with van der Waals surface area (Å²) in [5.41, 5.74) is 2.17. The van der Waals surface area contributed by atoms with Gasteiger partial charge in [-0.25, -0.2) is 0 Å². The monoisotopic (exact) mass is 329 g/mol. The van der Waals surface area contributed by atoms with Gasteiger partial charge in [0.2, 0.25) is 0 Å². The lowest BCUT2D eigenvalue weighted by Gasteiger charge is -2.22. The van der Waals surface area contributed by atoms with Crippen LogP contribution in [0.1, 0.15) is 52.9 Å². The normalized spacial score (nSPS) is 15.3. The molecule has 1 aromatic carbocycles. The highest BCUT2D eigenvalue weighted by Gasteiger charge is 2.17. The van der Waals surface area contributed by atoms with Gasteiger partial charge in [-0.2, -0.15) is 0 Å². The summed E-state index contributed by atoms with van der Waals surface area (Å²) >= 11 is 1.49. The van der Waals surface area contributed by atoms with Crippen molar-refractivity contribution >= 4 is 17.2 Å². The number of ether oxygens (including phenoxy) is 1. The highest BCUT2D eigenvalue weighted by Crippen LogP contribution is 2.22. The van der Waals surface area contributed by atoms with E-state index >= 15 is 0 Å². The molecule has 1 aromatic heterocycles. The first-order valence-corrected chi connectivity index (χ1v) is 9.17. The van der Waals surface area contributed by atoms with Crippen molar-refractivity contribution in [3.63, 3.8) is 0 Å². The molecule has 1 saturated carbocycles. The number of carbonyl (C=O) groups is 1. The Hall–Kier alpha value is -1.81. The van der Waals surface area contributed by atoms with E-state index in [1.165, 1.54) is 30.6 Å². The number of hydrogen-bond donors (Lipinski definition) is 1. The molecular formula is C19H23NO2S. The first kappa shape index (κ1) is 16.1. The Balaban J connectivity index is 1.55. The van der Waals surface area contributed by atoms with Crippen molar-refractivity contribution in [2.45, 2.75) is 51.7 Å². The van der Waals surface area contributed by atoms with Crippen LogP contribution in [0.15, 0.2) is 35.7 Å². The Morgan fingerprint density at radius 2 is 2.04 bits per heavy atom. The second-order valence-corrected chi connectivity index (χ2v) is 7.09. The fourth-order valence-electron chi connectivity index (χ4n) is 2.95. The molecule has 1 heterocycles. The highest BCUT2D eigenvalue weighted by molar-refractivity contribution is 7.12. The van der Waals surface area contributed by atoms with Crippen LogP contribution < -0.4 is 10.1 Å². The van der Waals surface area contributed by atoms with Gasteiger partial charge in [-0.3, -0.25) is 4.79 Å². The molecule has 122 valence electrons. The Kier molecular flexibility index (Phi) is 5.34. The van der Waals surface area contributed by atoms with Gasteiger partial charge in [0.15, 0.2) is 0 Å². The number of amides is 1. The SMILES string of the molecule is Cc1ccccc1OCc1csc(C(=O)NC2CCCCC2)c1. The van der Waals surface area contributed by atoms with Gasteiger partial charge in [0.25, 0.3) is 5.91 Å². The lowest BCUT2D eigenvalue weighted by molar-refractivity contribution is 0.0932. The molecule has 0 atom stereocenters. The minimum absolute atomic E-state index is 0.0593. The third-order valence-electron chi connectivity index (χ3n) is 4.31. The van der Waals surface area contributed by atoms with Gasteiger partial charge in [-0.15, -0.1) is 11.3 Å². The van der Waals surface area contributed by atoms with Crippen LogP contribution in [-0.2, 0) is 6.61 Å². The lowest BCUT2D eigenvalue weighted by atomic mass is 9.95. The van der Waals surface area contributed by atoms with Gasteiger partial charge in [0, 0.05) is 11.6 Å². The number of rotatable bonds is 5. The number of aryl methyl sites for hydroxylation is 1. The zero-order valence-electron chi connectivity index (χ0n) is 13.5. The van der Waals surface area contributed by atoms with Crippen LogP contribution in [0.2, 0.25) is 0 Å². The van der Waals surface area contributed by atoms with Crippen LogP contribution in [0.4, 0.5) is 0 Å². The molecule has 2 aromatic rings. The quantitative estimate of drug-likeness (QED) is 0.863. The van der Waals surface area contributed by atoms with E-state index in [2.05, 4.69) is 5.32 Å². The number of nitrogens with one attached hydrogen (secondary N) is 1. The maximum absolute atomic E-state index is 12.3. The van der Waals surface area contributed by atoms with Crippen molar-refractivity contribution in [2.24, 2.45) is 0 Å². The van der Waals surface area contributed by atoms with Crippen molar-refractivity contribution in [1.82, 2.24) is 5.32 Å². The van der Waals surface area contributed by atoms with Crippen LogP contribution >= 0.6 is 11.3 Å². The molecule has 0 saturated heterocycles. The Morgan fingerprint density at radius 3 is 2.83 bits per heavy atom. The van der Waals surface area contributed by atoms with Crippen molar-refractivity contribution in [3.05, 3.63) is 51.7 Å². The van der Waals surface area contributed by atoms with E-state index in [0.717, 1.165) is 34.6 Å². The van der Waals surface area contributed by atoms with Crippen molar-refractivity contribution in [3.8, 4) is 5.75 Å². The summed E-state index contributed by atoms with van der Waals surface area (Å²) in [5, 5.41) is 5.17. The number of carbonyl (C=O) groups excluding carboxylic acids is 1. The smallest absolute Gasteiger partial charge is 0.261 e. The van der Waals surface area contributed by atoms with E-state index in [4.69, 9.17) is 4.74 Å². The maximum atomic E-state index is 12.3. The molecule has 0 bridgehead atoms. The topological polar surface area (TPSA) is 38.3 Å². The van der Waals surface area contributed by atoms with Crippen LogP contribution in [0.25, 0.3) is 0 Å². The van der Waals surface area contributed by atoms with E-state index in [-0.39, 0.29) is 5.91 Å². The van der Waals surface area contributed by atoms with Crippen LogP contribution in [-0.4, -0.2) is 11.9 Å². The summed E-state index contributed by atoms with van der Waals surface area (Å²) in [6.45, 7) is 2.53. The van der Waals surface area contributed by atoms with Gasteiger partial charge < -0.3 is 10.1 Å². The van der Waals surface area contributed by atoms with Gasteiger partial charge in [0.05, 0.1) is 4.88 Å². The van der Waals surface area contributed by atoms with Gasteiger partial charge >= 0.3 is 0 Å². The molecule has 1 fully saturated rings. The van der Waals surface area contributed by atoms with Crippen molar-refractivity contribution in [1.29, 1.82) is 0 Å². The minimum atomic E-state index is 0.0593. The Morgan fingerprint density at radius 1 is 1.26 bits per heavy atom. The fraction of sp³-hybridized carbons (Fsp3) is 0.421. The van der Waals surface area contributed by atoms with E-state index < -0.39 is 0 Å². The summed E-state index contributed by atoms with van der Waals surface area (Å²) < 4.78 is 5.84. The third-order valence-corrected chi connectivity index (χ3v) is 5.28. The van der Waals surface area contributed by atoms with Crippen molar-refractivity contribution < 1.29 is 9.53 Å². The summed E-state index contributed by atoms with van der Waals surface area (Å²) in [7, 11) is 0. The summed E-state index contributed by atoms with van der Waals surface area (Å²) in [6.07, 6.45) is 5.97. The molecule has 3 nitrogen and oxygen atoms in total. The number of para-hydroxylation sites is 1. The largest absolute Gasteiger partial charge is 0.489 e. The summed E-state index contributed by atoms with van der Waals surface area (Å²) in [4.78, 5) is 13.1. The standard InChI is InChI=1S/C19H23NO2S/c1-14-7-5-6-10-17(14)22-12-15-11-18(23-13-15)19(21)20-16-8-3-2-4-9-16/h5-7,10-11,13,16H,2-4,8-9,12H2,1H3,(H,20,21). The second-order valence-electron chi connectivity index (χ2n) is 6.18. The van der Waals surface area contributed by atoms with Crippen LogP contribution in [0.3, 0.4) is 0 Å². The van der Waals surface area contributed by atoms with Crippen molar-refractivity contribution in [2.75, 3.05) is 0 Å². The summed E-state index contributed by atoms with van der Waals surface area (Å²) in [5.74, 6) is 0.955. The predicted molar refractivity (Wildman–Crippen MR) is 94.2 cm³/mol. The second kappa shape index (κ2) is 7.64. The fourth-order valence-corrected chi connectivity index (χ4v) is 3.75. The lowest BCUT2D eigenvalue weighted by Crippen LogP contribution is -2.35. The van der Waals surface area contributed by atoms with Gasteiger partial charge in [-0.05, 0) is 42.8 Å². The predicted octanol–water partition coefficient (Wildman–Crippen LogP) is 4.70. The van der Waals surface area contributed by atoms with Gasteiger partial charge in [0.1, 0.15) is 12.4 Å². The molecule has 0 unspecified atom stereocenters. The molecule has 23 heavy (non-hydrogen) atoms. The van der Waals surface area contributed by atoms with E-state index in [1.807, 2.05) is 42.6 Å². The average molecular weight is 329 g/mol.